The minimum absolute atomic E-state index is 0.207. The van der Waals surface area contributed by atoms with Crippen molar-refractivity contribution in [2.24, 2.45) is 4.99 Å². The van der Waals surface area contributed by atoms with Gasteiger partial charge in [-0.05, 0) is 50.6 Å². The Balaban J connectivity index is 1.61. The highest BCUT2D eigenvalue weighted by Crippen LogP contribution is 2.39. The number of amides is 1. The van der Waals surface area contributed by atoms with Crippen molar-refractivity contribution in [2.75, 3.05) is 19.1 Å². The average Bonchev–Trinajstić information content (AvgIpc) is 3.48. The summed E-state index contributed by atoms with van der Waals surface area (Å²) in [7, 11) is 3.06. The van der Waals surface area contributed by atoms with Gasteiger partial charge >= 0.3 is 5.97 Å². The molecule has 0 radical (unpaired) electrons. The van der Waals surface area contributed by atoms with Crippen LogP contribution in [0.3, 0.4) is 0 Å². The van der Waals surface area contributed by atoms with Crippen LogP contribution in [0, 0.1) is 0 Å². The summed E-state index contributed by atoms with van der Waals surface area (Å²) in [5.41, 5.74) is 3.38. The van der Waals surface area contributed by atoms with Gasteiger partial charge in [0.15, 0.2) is 4.80 Å². The number of anilines is 1. The number of allylic oxidation sites excluding steroid dienone is 1. The number of ether oxygens (including phenoxy) is 3. The van der Waals surface area contributed by atoms with Gasteiger partial charge in [-0.3, -0.25) is 14.2 Å². The number of esters is 1. The Morgan fingerprint density at radius 3 is 2.41 bits per heavy atom. The molecule has 6 rings (SSSR count). The van der Waals surface area contributed by atoms with Crippen LogP contribution in [0.5, 0.6) is 11.5 Å². The predicted molar refractivity (Wildman–Crippen MR) is 168 cm³/mol. The van der Waals surface area contributed by atoms with Gasteiger partial charge in [-0.15, -0.1) is 0 Å². The lowest BCUT2D eigenvalue weighted by Crippen LogP contribution is -2.41. The summed E-state index contributed by atoms with van der Waals surface area (Å²) in [6.45, 7) is 5.59. The molecule has 44 heavy (non-hydrogen) atoms. The third kappa shape index (κ3) is 4.90. The molecule has 0 N–H and O–H groups in total. The Hall–Kier alpha value is -4.96. The molecule has 0 saturated carbocycles. The number of nitrogens with zero attached hydrogens (tertiary/aromatic N) is 3. The van der Waals surface area contributed by atoms with E-state index in [4.69, 9.17) is 19.2 Å². The molecule has 224 valence electrons. The lowest BCUT2D eigenvalue weighted by molar-refractivity contribution is -0.143. The first-order chi connectivity index (χ1) is 21.2. The van der Waals surface area contributed by atoms with Crippen molar-refractivity contribution < 1.29 is 23.8 Å². The normalized spacial score (nSPS) is 16.9. The van der Waals surface area contributed by atoms with Crippen LogP contribution < -0.4 is 29.3 Å². The first-order valence-corrected chi connectivity index (χ1v) is 15.0. The van der Waals surface area contributed by atoms with Gasteiger partial charge in [0.05, 0.1) is 49.4 Å². The zero-order chi connectivity index (χ0) is 31.1. The Labute approximate surface area is 258 Å². The van der Waals surface area contributed by atoms with Gasteiger partial charge in [0.25, 0.3) is 11.5 Å². The number of carbonyl (C=O) groups excluding carboxylic acids is 2. The number of carbonyl (C=O) groups is 2. The number of thiazole rings is 1. The van der Waals surface area contributed by atoms with Gasteiger partial charge in [0.1, 0.15) is 22.1 Å². The summed E-state index contributed by atoms with van der Waals surface area (Å²) in [5.74, 6) is 0.111. The number of para-hydroxylation sites is 1. The molecule has 0 aliphatic carbocycles. The first kappa shape index (κ1) is 29.1. The Morgan fingerprint density at radius 1 is 0.977 bits per heavy atom. The number of aromatic nitrogens is 1. The van der Waals surface area contributed by atoms with Crippen molar-refractivity contribution in [2.45, 2.75) is 39.5 Å². The van der Waals surface area contributed by atoms with Crippen LogP contribution in [-0.2, 0) is 20.9 Å². The topological polar surface area (TPSA) is 99.4 Å². The average molecular weight is 610 g/mol. The zero-order valence-electron chi connectivity index (χ0n) is 25.0. The highest BCUT2D eigenvalue weighted by atomic mass is 32.1. The maximum absolute atomic E-state index is 14.5. The SMILES string of the molecule is COc1ccc(OC)c([C@H]2C(C(=O)OC(C)C)=C(C)N=c3s/c(=C4/C(=O)N(Cc5ccccc5)c5ccccc54)c(=O)n32)c1. The number of methoxy groups -OCH3 is 2. The number of hydrogen-bond acceptors (Lipinski definition) is 8. The van der Waals surface area contributed by atoms with E-state index in [1.807, 2.05) is 54.6 Å². The Kier molecular flexibility index (Phi) is 7.69. The van der Waals surface area contributed by atoms with E-state index in [0.29, 0.717) is 45.2 Å². The molecule has 1 atom stereocenters. The molecule has 1 amide bonds. The van der Waals surface area contributed by atoms with Gasteiger partial charge < -0.3 is 19.1 Å². The van der Waals surface area contributed by atoms with Crippen LogP contribution in [0.4, 0.5) is 5.69 Å². The quantitative estimate of drug-likeness (QED) is 0.293. The minimum Gasteiger partial charge on any atom is -0.497 e. The molecule has 3 aromatic carbocycles. The molecule has 0 bridgehead atoms. The number of rotatable bonds is 7. The van der Waals surface area contributed by atoms with Gasteiger partial charge in [-0.2, -0.15) is 0 Å². The molecule has 4 aromatic rings. The highest BCUT2D eigenvalue weighted by molar-refractivity contribution is 7.07. The summed E-state index contributed by atoms with van der Waals surface area (Å²) in [6, 6.07) is 21.4. The van der Waals surface area contributed by atoms with E-state index in [9.17, 15) is 14.4 Å². The molecule has 0 saturated heterocycles. The summed E-state index contributed by atoms with van der Waals surface area (Å²) in [4.78, 5) is 49.0. The van der Waals surface area contributed by atoms with E-state index >= 15 is 0 Å². The molecule has 2 aliphatic heterocycles. The minimum atomic E-state index is -0.941. The first-order valence-electron chi connectivity index (χ1n) is 14.2. The van der Waals surface area contributed by atoms with E-state index in [2.05, 4.69) is 0 Å². The molecule has 0 spiro atoms. The third-order valence-electron chi connectivity index (χ3n) is 7.63. The van der Waals surface area contributed by atoms with E-state index in [1.165, 1.54) is 18.8 Å². The van der Waals surface area contributed by atoms with Gasteiger partial charge in [-0.25, -0.2) is 9.79 Å². The van der Waals surface area contributed by atoms with Crippen LogP contribution in [-0.4, -0.2) is 36.8 Å². The summed E-state index contributed by atoms with van der Waals surface area (Å²) >= 11 is 1.13. The van der Waals surface area contributed by atoms with E-state index in [1.54, 1.807) is 43.9 Å². The second kappa shape index (κ2) is 11.6. The second-order valence-corrected chi connectivity index (χ2v) is 11.7. The van der Waals surface area contributed by atoms with Crippen molar-refractivity contribution >= 4 is 34.5 Å². The second-order valence-electron chi connectivity index (χ2n) is 10.7. The highest BCUT2D eigenvalue weighted by Gasteiger charge is 2.38. The molecule has 10 heteroatoms. The third-order valence-corrected chi connectivity index (χ3v) is 8.68. The van der Waals surface area contributed by atoms with Crippen LogP contribution >= 0.6 is 11.3 Å². The van der Waals surface area contributed by atoms with E-state index in [-0.39, 0.29) is 16.0 Å². The maximum Gasteiger partial charge on any atom is 0.338 e. The van der Waals surface area contributed by atoms with E-state index < -0.39 is 23.7 Å². The van der Waals surface area contributed by atoms with Crippen LogP contribution in [0.15, 0.2) is 93.9 Å². The smallest absolute Gasteiger partial charge is 0.338 e. The van der Waals surface area contributed by atoms with Crippen LogP contribution in [0.25, 0.3) is 5.57 Å². The van der Waals surface area contributed by atoms with Gasteiger partial charge in [-0.1, -0.05) is 59.9 Å². The fraction of sp³-hybridized carbons (Fsp3) is 0.235. The zero-order valence-corrected chi connectivity index (χ0v) is 25.8. The summed E-state index contributed by atoms with van der Waals surface area (Å²) in [5, 5.41) is 0. The fourth-order valence-corrected chi connectivity index (χ4v) is 6.82. The predicted octanol–water partition coefficient (Wildman–Crippen LogP) is 4.12. The fourth-order valence-electron chi connectivity index (χ4n) is 5.68. The Morgan fingerprint density at radius 2 is 1.70 bits per heavy atom. The van der Waals surface area contributed by atoms with Crippen molar-refractivity contribution in [1.29, 1.82) is 0 Å². The number of benzene rings is 3. The molecule has 1 aromatic heterocycles. The van der Waals surface area contributed by atoms with E-state index in [0.717, 1.165) is 22.6 Å². The molecule has 2 aliphatic rings. The van der Waals surface area contributed by atoms with Crippen molar-refractivity contribution in [3.63, 3.8) is 0 Å². The molecule has 3 heterocycles. The van der Waals surface area contributed by atoms with Crippen molar-refractivity contribution in [3.05, 3.63) is 120 Å². The van der Waals surface area contributed by atoms with Gasteiger partial charge in [0, 0.05) is 11.1 Å². The number of fused-ring (bicyclic) bond motifs is 2. The molecular formula is C34H31N3O6S. The largest absolute Gasteiger partial charge is 0.497 e. The molecule has 0 unspecified atom stereocenters. The Bertz CT molecular complexity index is 2010. The molecule has 0 fully saturated rings. The van der Waals surface area contributed by atoms with Gasteiger partial charge in [0.2, 0.25) is 0 Å². The van der Waals surface area contributed by atoms with Crippen LogP contribution in [0.2, 0.25) is 0 Å². The lowest BCUT2D eigenvalue weighted by atomic mass is 9.94. The summed E-state index contributed by atoms with van der Waals surface area (Å²) in [6.07, 6.45) is -0.398. The monoisotopic (exact) mass is 609 g/mol. The van der Waals surface area contributed by atoms with Crippen molar-refractivity contribution in [1.82, 2.24) is 4.57 Å². The summed E-state index contributed by atoms with van der Waals surface area (Å²) < 4.78 is 18.5. The lowest BCUT2D eigenvalue weighted by Gasteiger charge is -2.26. The van der Waals surface area contributed by atoms with Crippen molar-refractivity contribution in [3.8, 4) is 11.5 Å². The molecular weight excluding hydrogens is 578 g/mol. The number of hydrogen-bond donors (Lipinski definition) is 0. The van der Waals surface area contributed by atoms with Crippen LogP contribution in [0.1, 0.15) is 43.5 Å². The maximum atomic E-state index is 14.5. The molecule has 9 nitrogen and oxygen atoms in total. The standard InChI is InChI=1S/C34H31N3O6S/c1-19(2)43-33(40)27-20(3)35-34-37(29(27)24-17-22(41-4)15-16-26(24)42-5)32(39)30(44-34)28-23-13-9-10-14-25(23)36(31(28)38)18-21-11-7-6-8-12-21/h6-17,19,29H,18H2,1-5H3/b30-28+/t29-/m0/s1.